The van der Waals surface area contributed by atoms with Gasteiger partial charge in [0.15, 0.2) is 0 Å². The molecule has 0 aliphatic carbocycles. The monoisotopic (exact) mass is 336 g/mol. The van der Waals surface area contributed by atoms with Crippen LogP contribution in [0.25, 0.3) is 0 Å². The van der Waals surface area contributed by atoms with Crippen molar-refractivity contribution in [1.82, 2.24) is 4.90 Å². The molecule has 4 nitrogen and oxygen atoms in total. The highest BCUT2D eigenvalue weighted by Crippen LogP contribution is 2.26. The molecule has 2 amide bonds. The highest BCUT2D eigenvalue weighted by atomic mass is 16.2. The van der Waals surface area contributed by atoms with Crippen LogP contribution in [0.15, 0.2) is 42.5 Å². The number of piperazine rings is 1. The molecule has 1 aliphatic rings. The van der Waals surface area contributed by atoms with Gasteiger partial charge in [-0.1, -0.05) is 29.8 Å². The number of hydrogen-bond acceptors (Lipinski definition) is 2. The predicted molar refractivity (Wildman–Crippen MR) is 99.9 cm³/mol. The normalized spacial score (nSPS) is 17.8. The first-order valence-corrected chi connectivity index (χ1v) is 8.65. The van der Waals surface area contributed by atoms with E-state index in [-0.39, 0.29) is 11.8 Å². The zero-order chi connectivity index (χ0) is 18.1. The summed E-state index contributed by atoms with van der Waals surface area (Å²) < 4.78 is 0. The second kappa shape index (κ2) is 6.71. The van der Waals surface area contributed by atoms with E-state index in [0.29, 0.717) is 18.7 Å². The van der Waals surface area contributed by atoms with E-state index in [2.05, 4.69) is 0 Å². The van der Waals surface area contributed by atoms with Gasteiger partial charge in [-0.3, -0.25) is 9.59 Å². The number of anilines is 1. The Morgan fingerprint density at radius 1 is 1.00 bits per heavy atom. The van der Waals surface area contributed by atoms with E-state index in [0.717, 1.165) is 22.4 Å². The number of hydrogen-bond donors (Lipinski definition) is 0. The van der Waals surface area contributed by atoms with Crippen LogP contribution in [0.3, 0.4) is 0 Å². The third kappa shape index (κ3) is 3.29. The predicted octanol–water partition coefficient (Wildman–Crippen LogP) is 3.49. The molecule has 1 aliphatic heterocycles. The van der Waals surface area contributed by atoms with Gasteiger partial charge in [0.05, 0.1) is 0 Å². The molecular formula is C21H24N2O2. The van der Waals surface area contributed by atoms with E-state index in [4.69, 9.17) is 0 Å². The quantitative estimate of drug-likeness (QED) is 0.842. The molecule has 3 rings (SSSR count). The van der Waals surface area contributed by atoms with Gasteiger partial charge in [0, 0.05) is 24.3 Å². The third-order valence-corrected chi connectivity index (χ3v) is 4.84. The van der Waals surface area contributed by atoms with E-state index in [1.54, 1.807) is 4.90 Å². The van der Waals surface area contributed by atoms with Crippen molar-refractivity contribution in [2.45, 2.75) is 33.7 Å². The first kappa shape index (κ1) is 17.2. The first-order valence-electron chi connectivity index (χ1n) is 8.65. The van der Waals surface area contributed by atoms with Crippen molar-refractivity contribution >= 4 is 17.5 Å². The minimum Gasteiger partial charge on any atom is -0.325 e. The van der Waals surface area contributed by atoms with Crippen molar-refractivity contribution in [2.24, 2.45) is 0 Å². The zero-order valence-electron chi connectivity index (χ0n) is 15.2. The molecule has 4 heteroatoms. The average molecular weight is 336 g/mol. The summed E-state index contributed by atoms with van der Waals surface area (Å²) in [7, 11) is 0. The smallest absolute Gasteiger partial charge is 0.254 e. The van der Waals surface area contributed by atoms with E-state index >= 15 is 0 Å². The second-order valence-electron chi connectivity index (χ2n) is 6.82. The van der Waals surface area contributed by atoms with E-state index in [9.17, 15) is 9.59 Å². The van der Waals surface area contributed by atoms with Crippen LogP contribution in [0.5, 0.6) is 0 Å². The molecule has 0 bridgehead atoms. The van der Waals surface area contributed by atoms with Crippen LogP contribution >= 0.6 is 0 Å². The molecule has 2 aromatic rings. The van der Waals surface area contributed by atoms with Gasteiger partial charge in [0.1, 0.15) is 6.04 Å². The van der Waals surface area contributed by atoms with Crippen molar-refractivity contribution < 1.29 is 9.59 Å². The molecule has 0 N–H and O–H groups in total. The molecule has 1 fully saturated rings. The van der Waals surface area contributed by atoms with Crippen molar-refractivity contribution in [3.05, 3.63) is 64.7 Å². The number of nitrogens with zero attached hydrogens (tertiary/aromatic N) is 2. The summed E-state index contributed by atoms with van der Waals surface area (Å²) in [5, 5.41) is 0. The molecule has 0 spiro atoms. The fourth-order valence-corrected chi connectivity index (χ4v) is 3.34. The maximum atomic E-state index is 12.9. The molecular weight excluding hydrogens is 312 g/mol. The van der Waals surface area contributed by atoms with Crippen molar-refractivity contribution in [1.29, 1.82) is 0 Å². The van der Waals surface area contributed by atoms with Gasteiger partial charge in [0.2, 0.25) is 5.91 Å². The van der Waals surface area contributed by atoms with Gasteiger partial charge in [-0.15, -0.1) is 0 Å². The molecule has 130 valence electrons. The molecule has 1 atom stereocenters. The molecule has 0 radical (unpaired) electrons. The first-order chi connectivity index (χ1) is 11.9. The minimum absolute atomic E-state index is 0.0269. The molecule has 0 saturated carbocycles. The number of rotatable bonds is 2. The summed E-state index contributed by atoms with van der Waals surface area (Å²) in [6.07, 6.45) is 0. The van der Waals surface area contributed by atoms with E-state index in [1.165, 1.54) is 0 Å². The molecule has 25 heavy (non-hydrogen) atoms. The van der Waals surface area contributed by atoms with Crippen molar-refractivity contribution in [3.63, 3.8) is 0 Å². The van der Waals surface area contributed by atoms with Gasteiger partial charge in [-0.25, -0.2) is 0 Å². The lowest BCUT2D eigenvalue weighted by Crippen LogP contribution is -2.58. The molecule has 0 aromatic heterocycles. The summed E-state index contributed by atoms with van der Waals surface area (Å²) in [4.78, 5) is 29.3. The van der Waals surface area contributed by atoms with Crippen LogP contribution in [0.2, 0.25) is 0 Å². The lowest BCUT2D eigenvalue weighted by atomic mass is 10.0. The Morgan fingerprint density at radius 2 is 1.72 bits per heavy atom. The Kier molecular flexibility index (Phi) is 4.62. The second-order valence-corrected chi connectivity index (χ2v) is 6.82. The highest BCUT2D eigenvalue weighted by Gasteiger charge is 2.35. The maximum Gasteiger partial charge on any atom is 0.254 e. The fraction of sp³-hybridized carbons (Fsp3) is 0.333. The van der Waals surface area contributed by atoms with Crippen LogP contribution in [0.4, 0.5) is 5.69 Å². The molecule has 2 aromatic carbocycles. The molecule has 1 saturated heterocycles. The third-order valence-electron chi connectivity index (χ3n) is 4.84. The number of amides is 2. The summed E-state index contributed by atoms with van der Waals surface area (Å²) >= 11 is 0. The van der Waals surface area contributed by atoms with Crippen LogP contribution in [0.1, 0.15) is 34.0 Å². The standard InChI is InChI=1S/C21H24N2O2/c1-14-6-5-7-18(12-14)21(25)22-10-11-23(20(24)17(22)4)19-13-15(2)8-9-16(19)3/h5-9,12-13,17H,10-11H2,1-4H3. The largest absolute Gasteiger partial charge is 0.325 e. The molecule has 1 unspecified atom stereocenters. The Balaban J connectivity index is 1.84. The summed E-state index contributed by atoms with van der Waals surface area (Å²) in [6, 6.07) is 13.2. The zero-order valence-corrected chi connectivity index (χ0v) is 15.2. The van der Waals surface area contributed by atoms with Gasteiger partial charge in [-0.2, -0.15) is 0 Å². The lowest BCUT2D eigenvalue weighted by Gasteiger charge is -2.39. The van der Waals surface area contributed by atoms with Crippen LogP contribution in [0, 0.1) is 20.8 Å². The summed E-state index contributed by atoms with van der Waals surface area (Å²) in [6.45, 7) is 8.86. The van der Waals surface area contributed by atoms with Gasteiger partial charge < -0.3 is 9.80 Å². The minimum atomic E-state index is -0.471. The van der Waals surface area contributed by atoms with Crippen LogP contribution in [-0.2, 0) is 4.79 Å². The number of carbonyl (C=O) groups is 2. The van der Waals surface area contributed by atoms with Gasteiger partial charge >= 0.3 is 0 Å². The maximum absolute atomic E-state index is 12.9. The van der Waals surface area contributed by atoms with Crippen LogP contribution in [-0.4, -0.2) is 35.8 Å². The van der Waals surface area contributed by atoms with Gasteiger partial charge in [-0.05, 0) is 57.0 Å². The lowest BCUT2D eigenvalue weighted by molar-refractivity contribution is -0.124. The fourth-order valence-electron chi connectivity index (χ4n) is 3.34. The topological polar surface area (TPSA) is 40.6 Å². The molecule has 1 heterocycles. The Bertz CT molecular complexity index is 828. The Labute approximate surface area is 149 Å². The highest BCUT2D eigenvalue weighted by molar-refractivity contribution is 6.03. The number of aryl methyl sites for hydroxylation is 3. The van der Waals surface area contributed by atoms with E-state index < -0.39 is 6.04 Å². The SMILES string of the molecule is Cc1cccc(C(=O)N2CCN(c3cc(C)ccc3C)C(=O)C2C)c1. The van der Waals surface area contributed by atoms with Crippen LogP contribution < -0.4 is 4.90 Å². The Morgan fingerprint density at radius 3 is 2.44 bits per heavy atom. The van der Waals surface area contributed by atoms with E-state index in [1.807, 2.05) is 75.1 Å². The number of benzene rings is 2. The summed E-state index contributed by atoms with van der Waals surface area (Å²) in [5.74, 6) is -0.105. The Hall–Kier alpha value is -2.62. The average Bonchev–Trinajstić information content (AvgIpc) is 2.59. The summed E-state index contributed by atoms with van der Waals surface area (Å²) in [5.41, 5.74) is 4.82. The van der Waals surface area contributed by atoms with Gasteiger partial charge in [0.25, 0.3) is 5.91 Å². The number of carbonyl (C=O) groups excluding carboxylic acids is 2. The van der Waals surface area contributed by atoms with Crippen molar-refractivity contribution in [2.75, 3.05) is 18.0 Å². The van der Waals surface area contributed by atoms with Crippen molar-refractivity contribution in [3.8, 4) is 0 Å².